The Labute approximate surface area is 42.5 Å². The van der Waals surface area contributed by atoms with Crippen molar-refractivity contribution in [1.29, 1.82) is 0 Å². The molecule has 0 bridgehead atoms. The summed E-state index contributed by atoms with van der Waals surface area (Å²) in [6, 6.07) is 0. The molecule has 0 saturated carbocycles. The van der Waals surface area contributed by atoms with E-state index < -0.39 is 12.8 Å². The number of hydrogen-bond donors (Lipinski definition) is 0. The van der Waals surface area contributed by atoms with Crippen LogP contribution < -0.4 is 0 Å². The van der Waals surface area contributed by atoms with Crippen LogP contribution in [0.25, 0.3) is 0 Å². The van der Waals surface area contributed by atoms with Crippen LogP contribution in [-0.4, -0.2) is 12.8 Å². The van der Waals surface area contributed by atoms with Gasteiger partial charge in [-0.2, -0.15) is 0 Å². The highest BCUT2D eigenvalue weighted by molar-refractivity contribution is 4.49. The van der Waals surface area contributed by atoms with E-state index in [4.69, 9.17) is 0 Å². The molecule has 0 heterocycles. The quantitative estimate of drug-likeness (QED) is 0.519. The van der Waals surface area contributed by atoms with Gasteiger partial charge in [0.1, 0.15) is 12.8 Å². The molecule has 0 aromatic heterocycles. The normalized spacial score (nSPS) is 14.1. The minimum Gasteiger partial charge on any atom is -0.248 e. The zero-order chi connectivity index (χ0) is 5.70. The van der Waals surface area contributed by atoms with E-state index in [1.807, 2.05) is 6.92 Å². The number of alkyl halides is 2. The van der Waals surface area contributed by atoms with Crippen LogP contribution in [-0.2, 0) is 0 Å². The predicted molar refractivity (Wildman–Crippen MR) is 25.8 cm³/mol. The molecule has 0 aliphatic heterocycles. The van der Waals surface area contributed by atoms with Gasteiger partial charge in [-0.15, -0.1) is 0 Å². The van der Waals surface area contributed by atoms with E-state index >= 15 is 0 Å². The van der Waals surface area contributed by atoms with E-state index in [9.17, 15) is 8.78 Å². The summed E-state index contributed by atoms with van der Waals surface area (Å²) in [6.45, 7) is 1.01. The lowest BCUT2D eigenvalue weighted by molar-refractivity contribution is 0.246. The Morgan fingerprint density at radius 1 is 1.57 bits per heavy atom. The topological polar surface area (TPSA) is 0 Å². The maximum absolute atomic E-state index is 11.8. The highest BCUT2D eigenvalue weighted by Gasteiger charge is 2.00. The maximum atomic E-state index is 11.8. The van der Waals surface area contributed by atoms with Crippen LogP contribution in [0.4, 0.5) is 8.78 Å². The lowest BCUT2D eigenvalue weighted by Crippen LogP contribution is -1.99. The van der Waals surface area contributed by atoms with Crippen molar-refractivity contribution < 1.29 is 8.78 Å². The second-order valence-corrected chi connectivity index (χ2v) is 1.54. The fraction of sp³-hybridized carbons (Fsp3) is 1.00. The third-order valence-electron chi connectivity index (χ3n) is 0.769. The molecule has 0 fully saturated rings. The Bertz CT molecular complexity index is 37.1. The molecule has 0 aromatic carbocycles. The van der Waals surface area contributed by atoms with Crippen LogP contribution in [0.3, 0.4) is 0 Å². The molecule has 0 nitrogen and oxygen atoms in total. The molecule has 0 aliphatic carbocycles. The van der Waals surface area contributed by atoms with Crippen molar-refractivity contribution in [3.05, 3.63) is 0 Å². The SMILES string of the molecule is CCCC(F)CF. The van der Waals surface area contributed by atoms with Gasteiger partial charge in [0, 0.05) is 0 Å². The largest absolute Gasteiger partial charge is 0.248 e. The summed E-state index contributed by atoms with van der Waals surface area (Å²) in [5.74, 6) is 0. The molecule has 0 amide bonds. The summed E-state index contributed by atoms with van der Waals surface area (Å²) in [7, 11) is 0. The van der Waals surface area contributed by atoms with Crippen LogP contribution >= 0.6 is 0 Å². The van der Waals surface area contributed by atoms with Gasteiger partial charge in [0.25, 0.3) is 0 Å². The highest BCUT2D eigenvalue weighted by Crippen LogP contribution is 2.00. The first-order valence-corrected chi connectivity index (χ1v) is 2.51. The molecular weight excluding hydrogens is 98.1 g/mol. The summed E-state index contributed by atoms with van der Waals surface area (Å²) in [5, 5.41) is 0. The third kappa shape index (κ3) is 3.70. The minimum absolute atomic E-state index is 0.358. The standard InChI is InChI=1S/C5H10F2/c1-2-3-5(7)4-6/h5H,2-4H2,1H3. The van der Waals surface area contributed by atoms with E-state index in [-0.39, 0.29) is 0 Å². The summed E-state index contributed by atoms with van der Waals surface area (Å²) in [5.41, 5.74) is 0. The van der Waals surface area contributed by atoms with Crippen LogP contribution in [0.2, 0.25) is 0 Å². The lowest BCUT2D eigenvalue weighted by Gasteiger charge is -1.95. The van der Waals surface area contributed by atoms with Gasteiger partial charge < -0.3 is 0 Å². The first kappa shape index (κ1) is 6.86. The van der Waals surface area contributed by atoms with Crippen molar-refractivity contribution in [2.45, 2.75) is 25.9 Å². The highest BCUT2D eigenvalue weighted by atomic mass is 19.2. The molecule has 44 valence electrons. The molecule has 0 rings (SSSR count). The van der Waals surface area contributed by atoms with E-state index in [0.29, 0.717) is 6.42 Å². The summed E-state index contributed by atoms with van der Waals surface area (Å²) in [4.78, 5) is 0. The molecule has 2 heteroatoms. The van der Waals surface area contributed by atoms with Gasteiger partial charge in [-0.1, -0.05) is 13.3 Å². The van der Waals surface area contributed by atoms with Gasteiger partial charge >= 0.3 is 0 Å². The second kappa shape index (κ2) is 4.03. The van der Waals surface area contributed by atoms with E-state index in [2.05, 4.69) is 0 Å². The fourth-order valence-electron chi connectivity index (χ4n) is 0.390. The van der Waals surface area contributed by atoms with Crippen LogP contribution in [0.1, 0.15) is 19.8 Å². The van der Waals surface area contributed by atoms with Crippen molar-refractivity contribution in [2.75, 3.05) is 6.67 Å². The average molecular weight is 108 g/mol. The lowest BCUT2D eigenvalue weighted by atomic mass is 10.2. The van der Waals surface area contributed by atoms with E-state index in [1.165, 1.54) is 0 Å². The van der Waals surface area contributed by atoms with Crippen molar-refractivity contribution >= 4 is 0 Å². The molecule has 0 aliphatic rings. The molecule has 0 saturated heterocycles. The fourth-order valence-corrected chi connectivity index (χ4v) is 0.390. The van der Waals surface area contributed by atoms with E-state index in [0.717, 1.165) is 6.42 Å². The number of hydrogen-bond acceptors (Lipinski definition) is 0. The van der Waals surface area contributed by atoms with Gasteiger partial charge in [0.15, 0.2) is 0 Å². The summed E-state index contributed by atoms with van der Waals surface area (Å²) >= 11 is 0. The van der Waals surface area contributed by atoms with Crippen molar-refractivity contribution in [2.24, 2.45) is 0 Å². The van der Waals surface area contributed by atoms with Gasteiger partial charge in [-0.3, -0.25) is 0 Å². The van der Waals surface area contributed by atoms with Crippen LogP contribution in [0.15, 0.2) is 0 Å². The average Bonchev–Trinajstić information content (AvgIpc) is 1.68. The molecular formula is C5H10F2. The molecule has 0 spiro atoms. The first-order valence-electron chi connectivity index (χ1n) is 2.51. The van der Waals surface area contributed by atoms with Gasteiger partial charge in [0.2, 0.25) is 0 Å². The molecule has 0 aromatic rings. The van der Waals surface area contributed by atoms with Crippen molar-refractivity contribution in [3.63, 3.8) is 0 Å². The van der Waals surface area contributed by atoms with E-state index in [1.54, 1.807) is 0 Å². The molecule has 0 N–H and O–H groups in total. The van der Waals surface area contributed by atoms with Crippen molar-refractivity contribution in [3.8, 4) is 0 Å². The van der Waals surface area contributed by atoms with Crippen LogP contribution in [0, 0.1) is 0 Å². The second-order valence-electron chi connectivity index (χ2n) is 1.54. The zero-order valence-corrected chi connectivity index (χ0v) is 4.45. The predicted octanol–water partition coefficient (Wildman–Crippen LogP) is 2.09. The molecule has 1 atom stereocenters. The van der Waals surface area contributed by atoms with Crippen LogP contribution in [0.5, 0.6) is 0 Å². The third-order valence-corrected chi connectivity index (χ3v) is 0.769. The maximum Gasteiger partial charge on any atom is 0.128 e. The molecule has 1 unspecified atom stereocenters. The number of halogens is 2. The Morgan fingerprint density at radius 2 is 2.14 bits per heavy atom. The summed E-state index contributed by atoms with van der Waals surface area (Å²) < 4.78 is 23.0. The van der Waals surface area contributed by atoms with Gasteiger partial charge in [-0.25, -0.2) is 8.78 Å². The Kier molecular flexibility index (Phi) is 3.95. The Balaban J connectivity index is 2.83. The molecule has 0 radical (unpaired) electrons. The Hall–Kier alpha value is -0.140. The Morgan fingerprint density at radius 3 is 2.29 bits per heavy atom. The number of rotatable bonds is 3. The monoisotopic (exact) mass is 108 g/mol. The zero-order valence-electron chi connectivity index (χ0n) is 4.45. The molecule has 7 heavy (non-hydrogen) atoms. The summed E-state index contributed by atoms with van der Waals surface area (Å²) in [6.07, 6.45) is -0.133. The van der Waals surface area contributed by atoms with Gasteiger partial charge in [0.05, 0.1) is 0 Å². The minimum atomic E-state index is -1.22. The first-order chi connectivity index (χ1) is 3.31. The van der Waals surface area contributed by atoms with Gasteiger partial charge in [-0.05, 0) is 6.42 Å². The smallest absolute Gasteiger partial charge is 0.128 e. The van der Waals surface area contributed by atoms with Crippen molar-refractivity contribution in [1.82, 2.24) is 0 Å².